The molecule has 2 rings (SSSR count). The SMILES string of the molecule is CC1CN(c2nnc(C(F)(F)F)s2)CCN1. The third kappa shape index (κ3) is 2.43. The summed E-state index contributed by atoms with van der Waals surface area (Å²) in [6.07, 6.45) is -4.39. The standard InChI is InChI=1S/C8H11F3N4S/c1-5-4-15(3-2-12-5)7-14-13-6(16-7)8(9,10)11/h5,12H,2-4H2,1H3. The number of nitrogens with zero attached hydrogens (tertiary/aromatic N) is 3. The van der Waals surface area contributed by atoms with Crippen LogP contribution >= 0.6 is 11.3 Å². The minimum Gasteiger partial charge on any atom is -0.344 e. The number of hydrogen-bond donors (Lipinski definition) is 1. The van der Waals surface area contributed by atoms with Crippen LogP contribution in [-0.2, 0) is 6.18 Å². The molecule has 1 atom stereocenters. The maximum absolute atomic E-state index is 12.3. The van der Waals surface area contributed by atoms with Gasteiger partial charge in [0.2, 0.25) is 10.1 Å². The number of hydrogen-bond acceptors (Lipinski definition) is 5. The predicted octanol–water partition coefficient (Wildman–Crippen LogP) is 1.35. The first-order valence-electron chi connectivity index (χ1n) is 4.86. The van der Waals surface area contributed by atoms with Crippen molar-refractivity contribution in [1.82, 2.24) is 15.5 Å². The fourth-order valence-electron chi connectivity index (χ4n) is 1.56. The van der Waals surface area contributed by atoms with Gasteiger partial charge in [0.05, 0.1) is 0 Å². The van der Waals surface area contributed by atoms with Crippen LogP contribution in [-0.4, -0.2) is 35.9 Å². The maximum atomic E-state index is 12.3. The second-order valence-corrected chi connectivity index (χ2v) is 4.64. The fraction of sp³-hybridized carbons (Fsp3) is 0.750. The van der Waals surface area contributed by atoms with E-state index in [-0.39, 0.29) is 6.04 Å². The fourth-order valence-corrected chi connectivity index (χ4v) is 2.31. The van der Waals surface area contributed by atoms with Crippen molar-refractivity contribution < 1.29 is 13.2 Å². The molecule has 1 unspecified atom stereocenters. The van der Waals surface area contributed by atoms with Gasteiger partial charge in [-0.15, -0.1) is 10.2 Å². The molecule has 8 heteroatoms. The van der Waals surface area contributed by atoms with Crippen molar-refractivity contribution >= 4 is 16.5 Å². The highest BCUT2D eigenvalue weighted by atomic mass is 32.1. The zero-order valence-corrected chi connectivity index (χ0v) is 9.40. The van der Waals surface area contributed by atoms with Crippen LogP contribution in [0.4, 0.5) is 18.3 Å². The molecule has 0 amide bonds. The minimum absolute atomic E-state index is 0.256. The van der Waals surface area contributed by atoms with E-state index in [0.717, 1.165) is 6.54 Å². The lowest BCUT2D eigenvalue weighted by Crippen LogP contribution is -2.49. The number of alkyl halides is 3. The maximum Gasteiger partial charge on any atom is 0.445 e. The molecule has 0 radical (unpaired) electrons. The molecule has 1 aliphatic heterocycles. The molecule has 2 heterocycles. The van der Waals surface area contributed by atoms with Gasteiger partial charge in [0, 0.05) is 25.7 Å². The summed E-state index contributed by atoms with van der Waals surface area (Å²) in [5.74, 6) is 0. The van der Waals surface area contributed by atoms with Gasteiger partial charge in [-0.1, -0.05) is 11.3 Å². The summed E-state index contributed by atoms with van der Waals surface area (Å²) in [7, 11) is 0. The van der Waals surface area contributed by atoms with Gasteiger partial charge in [-0.2, -0.15) is 13.2 Å². The normalized spacial score (nSPS) is 22.5. The number of anilines is 1. The molecule has 0 aliphatic carbocycles. The van der Waals surface area contributed by atoms with Gasteiger partial charge in [-0.25, -0.2) is 0 Å². The van der Waals surface area contributed by atoms with Crippen LogP contribution in [0.25, 0.3) is 0 Å². The number of rotatable bonds is 1. The lowest BCUT2D eigenvalue weighted by atomic mass is 10.2. The summed E-state index contributed by atoms with van der Waals surface area (Å²) in [6.45, 7) is 4.06. The van der Waals surface area contributed by atoms with Crippen molar-refractivity contribution in [1.29, 1.82) is 0 Å². The molecule has 1 saturated heterocycles. The van der Waals surface area contributed by atoms with E-state index in [1.54, 1.807) is 0 Å². The monoisotopic (exact) mass is 252 g/mol. The van der Waals surface area contributed by atoms with Crippen LogP contribution in [0.5, 0.6) is 0 Å². The van der Waals surface area contributed by atoms with Crippen LogP contribution in [0.2, 0.25) is 0 Å². The molecule has 0 aromatic carbocycles. The average molecular weight is 252 g/mol. The summed E-state index contributed by atoms with van der Waals surface area (Å²) in [4.78, 5) is 1.83. The van der Waals surface area contributed by atoms with Crippen LogP contribution in [0.1, 0.15) is 11.9 Å². The second kappa shape index (κ2) is 4.17. The van der Waals surface area contributed by atoms with E-state index >= 15 is 0 Å². The van der Waals surface area contributed by atoms with Crippen LogP contribution in [0.3, 0.4) is 0 Å². The largest absolute Gasteiger partial charge is 0.445 e. The van der Waals surface area contributed by atoms with Gasteiger partial charge < -0.3 is 10.2 Å². The van der Waals surface area contributed by atoms with E-state index < -0.39 is 11.2 Å². The molecule has 1 aromatic rings. The number of halogens is 3. The third-order valence-corrected chi connectivity index (χ3v) is 3.32. The van der Waals surface area contributed by atoms with Gasteiger partial charge in [0.15, 0.2) is 0 Å². The molecule has 0 spiro atoms. The van der Waals surface area contributed by atoms with E-state index in [4.69, 9.17) is 0 Å². The summed E-state index contributed by atoms with van der Waals surface area (Å²) in [5.41, 5.74) is 0. The van der Waals surface area contributed by atoms with Crippen molar-refractivity contribution in [3.8, 4) is 0 Å². The second-order valence-electron chi connectivity index (χ2n) is 3.69. The Kier molecular flexibility index (Phi) is 3.02. The molecule has 0 bridgehead atoms. The van der Waals surface area contributed by atoms with E-state index in [0.29, 0.717) is 29.6 Å². The molecule has 0 saturated carbocycles. The Labute approximate surface area is 94.5 Å². The molecule has 1 aliphatic rings. The highest BCUT2D eigenvalue weighted by molar-refractivity contribution is 7.15. The highest BCUT2D eigenvalue weighted by Gasteiger charge is 2.36. The first-order chi connectivity index (χ1) is 7.47. The lowest BCUT2D eigenvalue weighted by molar-refractivity contribution is -0.138. The van der Waals surface area contributed by atoms with E-state index in [9.17, 15) is 13.2 Å². The van der Waals surface area contributed by atoms with Crippen LogP contribution in [0.15, 0.2) is 0 Å². The van der Waals surface area contributed by atoms with Gasteiger partial charge >= 0.3 is 6.18 Å². The van der Waals surface area contributed by atoms with Gasteiger partial charge in [-0.3, -0.25) is 0 Å². The van der Waals surface area contributed by atoms with E-state index in [1.165, 1.54) is 0 Å². The molecule has 4 nitrogen and oxygen atoms in total. The smallest absolute Gasteiger partial charge is 0.344 e. The lowest BCUT2D eigenvalue weighted by Gasteiger charge is -2.31. The molecule has 1 N–H and O–H groups in total. The summed E-state index contributed by atoms with van der Waals surface area (Å²) < 4.78 is 37.0. The van der Waals surface area contributed by atoms with Crippen molar-refractivity contribution in [3.63, 3.8) is 0 Å². The Morgan fingerprint density at radius 1 is 1.44 bits per heavy atom. The average Bonchev–Trinajstić information content (AvgIpc) is 2.65. The quantitative estimate of drug-likeness (QED) is 0.819. The van der Waals surface area contributed by atoms with E-state index in [2.05, 4.69) is 15.5 Å². The summed E-state index contributed by atoms with van der Waals surface area (Å²) >= 11 is 0.599. The Balaban J connectivity index is 2.12. The van der Waals surface area contributed by atoms with Crippen LogP contribution in [0, 0.1) is 0 Å². The Morgan fingerprint density at radius 2 is 2.19 bits per heavy atom. The molecular weight excluding hydrogens is 241 g/mol. The zero-order valence-electron chi connectivity index (χ0n) is 8.58. The summed E-state index contributed by atoms with van der Waals surface area (Å²) in [6, 6.07) is 0.256. The number of piperazine rings is 1. The third-order valence-electron chi connectivity index (χ3n) is 2.30. The Morgan fingerprint density at radius 3 is 2.75 bits per heavy atom. The topological polar surface area (TPSA) is 41.1 Å². The van der Waals surface area contributed by atoms with Crippen molar-refractivity contribution in [2.75, 3.05) is 24.5 Å². The van der Waals surface area contributed by atoms with Gasteiger partial charge in [-0.05, 0) is 6.92 Å². The molecule has 1 fully saturated rings. The van der Waals surface area contributed by atoms with Crippen molar-refractivity contribution in [2.24, 2.45) is 0 Å². The zero-order chi connectivity index (χ0) is 11.8. The minimum atomic E-state index is -4.39. The molecule has 1 aromatic heterocycles. The van der Waals surface area contributed by atoms with Crippen molar-refractivity contribution in [3.05, 3.63) is 5.01 Å². The molecule has 16 heavy (non-hydrogen) atoms. The number of aromatic nitrogens is 2. The molecule has 90 valence electrons. The van der Waals surface area contributed by atoms with Gasteiger partial charge in [0.1, 0.15) is 0 Å². The van der Waals surface area contributed by atoms with Crippen molar-refractivity contribution in [2.45, 2.75) is 19.1 Å². The first-order valence-corrected chi connectivity index (χ1v) is 5.67. The van der Waals surface area contributed by atoms with Crippen LogP contribution < -0.4 is 10.2 Å². The Hall–Kier alpha value is -0.890. The van der Waals surface area contributed by atoms with E-state index in [1.807, 2.05) is 11.8 Å². The van der Waals surface area contributed by atoms with Gasteiger partial charge in [0.25, 0.3) is 0 Å². The molecular formula is C8H11F3N4S. The number of nitrogens with one attached hydrogen (secondary N) is 1. The summed E-state index contributed by atoms with van der Waals surface area (Å²) in [5, 5.41) is 9.43. The Bertz CT molecular complexity index is 364. The highest BCUT2D eigenvalue weighted by Crippen LogP contribution is 2.34. The predicted molar refractivity (Wildman–Crippen MR) is 54.6 cm³/mol. The first kappa shape index (κ1) is 11.6.